The standard InChI is InChI=1S/C4H8O3S/c1-4-2-3-8(5,6)7-4/h4H,2-3H2,1H3/t4-/m0/s1. The molecule has 48 valence electrons. The van der Waals surface area contributed by atoms with E-state index in [1.807, 2.05) is 0 Å². The first-order valence-electron chi connectivity index (χ1n) is 2.51. The van der Waals surface area contributed by atoms with E-state index in [9.17, 15) is 8.42 Å². The van der Waals surface area contributed by atoms with Crippen molar-refractivity contribution in [3.8, 4) is 0 Å². The van der Waals surface area contributed by atoms with Crippen LogP contribution in [0.15, 0.2) is 0 Å². The van der Waals surface area contributed by atoms with Crippen LogP contribution in [-0.4, -0.2) is 20.3 Å². The molecule has 0 bridgehead atoms. The lowest BCUT2D eigenvalue weighted by atomic mass is 10.3. The molecule has 1 rings (SSSR count). The highest BCUT2D eigenvalue weighted by Gasteiger charge is 2.24. The van der Waals surface area contributed by atoms with Crippen molar-refractivity contribution in [2.45, 2.75) is 19.4 Å². The first-order chi connectivity index (χ1) is 3.60. The summed E-state index contributed by atoms with van der Waals surface area (Å²) in [6, 6.07) is 0. The molecule has 1 atom stereocenters. The van der Waals surface area contributed by atoms with Gasteiger partial charge in [-0.25, -0.2) is 0 Å². The van der Waals surface area contributed by atoms with E-state index >= 15 is 0 Å². The Labute approximate surface area is 48.8 Å². The minimum absolute atomic E-state index is 0.0972. The van der Waals surface area contributed by atoms with Crippen LogP contribution in [0.25, 0.3) is 0 Å². The largest absolute Gasteiger partial charge is 0.267 e. The minimum atomic E-state index is -3.10. The smallest absolute Gasteiger partial charge is 0.267 e. The number of hydrogen-bond donors (Lipinski definition) is 0. The van der Waals surface area contributed by atoms with Gasteiger partial charge in [0.2, 0.25) is 0 Å². The summed E-state index contributed by atoms with van der Waals surface area (Å²) in [5.74, 6) is 0.189. The Morgan fingerprint density at radius 3 is 2.38 bits per heavy atom. The van der Waals surface area contributed by atoms with Gasteiger partial charge >= 0.3 is 0 Å². The summed E-state index contributed by atoms with van der Waals surface area (Å²) in [7, 11) is -3.10. The molecule has 0 radical (unpaired) electrons. The van der Waals surface area contributed by atoms with Crippen LogP contribution in [0.3, 0.4) is 0 Å². The van der Waals surface area contributed by atoms with Crippen LogP contribution in [0.2, 0.25) is 0 Å². The molecule has 0 saturated carbocycles. The molecule has 0 N–H and O–H groups in total. The third-order valence-corrected chi connectivity index (χ3v) is 2.44. The lowest BCUT2D eigenvalue weighted by Crippen LogP contribution is -2.01. The summed E-state index contributed by atoms with van der Waals surface area (Å²) in [4.78, 5) is 0. The third-order valence-electron chi connectivity index (χ3n) is 1.09. The van der Waals surface area contributed by atoms with Crippen LogP contribution in [0, 0.1) is 0 Å². The van der Waals surface area contributed by atoms with Crippen LogP contribution in [0.5, 0.6) is 0 Å². The van der Waals surface area contributed by atoms with Gasteiger partial charge in [0.15, 0.2) is 0 Å². The molecule has 1 fully saturated rings. The van der Waals surface area contributed by atoms with Crippen molar-refractivity contribution in [2.75, 3.05) is 5.75 Å². The van der Waals surface area contributed by atoms with Crippen molar-refractivity contribution in [2.24, 2.45) is 0 Å². The van der Waals surface area contributed by atoms with Crippen molar-refractivity contribution in [1.29, 1.82) is 0 Å². The highest BCUT2D eigenvalue weighted by Crippen LogP contribution is 2.13. The zero-order chi connectivity index (χ0) is 6.20. The Kier molecular flexibility index (Phi) is 1.28. The molecule has 1 aliphatic rings. The first kappa shape index (κ1) is 6.04. The van der Waals surface area contributed by atoms with E-state index in [-0.39, 0.29) is 11.9 Å². The van der Waals surface area contributed by atoms with Gasteiger partial charge in [-0.05, 0) is 13.3 Å². The minimum Gasteiger partial charge on any atom is -0.267 e. The summed E-state index contributed by atoms with van der Waals surface area (Å²) >= 11 is 0. The highest BCUT2D eigenvalue weighted by atomic mass is 32.2. The second-order valence-electron chi connectivity index (χ2n) is 1.96. The molecule has 1 aliphatic heterocycles. The molecule has 1 saturated heterocycles. The molecule has 0 spiro atoms. The Balaban J connectivity index is 2.71. The molecule has 0 aromatic carbocycles. The molecular weight excluding hydrogens is 128 g/mol. The van der Waals surface area contributed by atoms with Gasteiger partial charge in [-0.15, -0.1) is 0 Å². The Morgan fingerprint density at radius 1 is 1.62 bits per heavy atom. The zero-order valence-electron chi connectivity index (χ0n) is 4.62. The van der Waals surface area contributed by atoms with Gasteiger partial charge in [0.25, 0.3) is 10.1 Å². The highest BCUT2D eigenvalue weighted by molar-refractivity contribution is 7.86. The molecule has 1 heterocycles. The molecular formula is C4H8O3S. The van der Waals surface area contributed by atoms with Crippen LogP contribution in [0.1, 0.15) is 13.3 Å². The van der Waals surface area contributed by atoms with E-state index < -0.39 is 10.1 Å². The van der Waals surface area contributed by atoms with Crippen molar-refractivity contribution < 1.29 is 12.6 Å². The Bertz CT molecular complexity index is 170. The van der Waals surface area contributed by atoms with E-state index in [4.69, 9.17) is 0 Å². The maximum absolute atomic E-state index is 10.4. The van der Waals surface area contributed by atoms with Crippen molar-refractivity contribution in [3.05, 3.63) is 0 Å². The second-order valence-corrected chi connectivity index (χ2v) is 3.67. The van der Waals surface area contributed by atoms with Crippen LogP contribution < -0.4 is 0 Å². The monoisotopic (exact) mass is 136 g/mol. The van der Waals surface area contributed by atoms with Crippen LogP contribution >= 0.6 is 0 Å². The van der Waals surface area contributed by atoms with E-state index in [1.165, 1.54) is 0 Å². The maximum Gasteiger partial charge on any atom is 0.267 e. The van der Waals surface area contributed by atoms with Crippen molar-refractivity contribution >= 4 is 10.1 Å². The van der Waals surface area contributed by atoms with Crippen LogP contribution in [-0.2, 0) is 14.3 Å². The van der Waals surface area contributed by atoms with Gasteiger partial charge in [-0.2, -0.15) is 8.42 Å². The van der Waals surface area contributed by atoms with Crippen LogP contribution in [0.4, 0.5) is 0 Å². The molecule has 4 heteroatoms. The third kappa shape index (κ3) is 1.20. The average Bonchev–Trinajstić information content (AvgIpc) is 1.82. The molecule has 3 nitrogen and oxygen atoms in total. The summed E-state index contributed by atoms with van der Waals surface area (Å²) in [5.41, 5.74) is 0. The summed E-state index contributed by atoms with van der Waals surface area (Å²) in [6.07, 6.45) is 0.544. The van der Waals surface area contributed by atoms with Gasteiger partial charge < -0.3 is 0 Å². The van der Waals surface area contributed by atoms with Gasteiger partial charge in [-0.3, -0.25) is 4.18 Å². The zero-order valence-corrected chi connectivity index (χ0v) is 5.44. The number of hydrogen-bond acceptors (Lipinski definition) is 3. The predicted molar refractivity (Wildman–Crippen MR) is 29.0 cm³/mol. The molecule has 8 heavy (non-hydrogen) atoms. The average molecular weight is 136 g/mol. The first-order valence-corrected chi connectivity index (χ1v) is 4.09. The summed E-state index contributed by atoms with van der Waals surface area (Å²) in [5, 5.41) is 0. The van der Waals surface area contributed by atoms with Gasteiger partial charge in [-0.1, -0.05) is 0 Å². The van der Waals surface area contributed by atoms with E-state index in [0.29, 0.717) is 6.42 Å². The van der Waals surface area contributed by atoms with E-state index in [2.05, 4.69) is 4.18 Å². The SMILES string of the molecule is C[C@H]1CCS(=O)(=O)O1. The fraction of sp³-hybridized carbons (Fsp3) is 1.00. The van der Waals surface area contributed by atoms with Crippen molar-refractivity contribution in [1.82, 2.24) is 0 Å². The fourth-order valence-corrected chi connectivity index (χ4v) is 1.97. The van der Waals surface area contributed by atoms with E-state index in [1.54, 1.807) is 6.92 Å². The lowest BCUT2D eigenvalue weighted by Gasteiger charge is -1.93. The maximum atomic E-state index is 10.4. The van der Waals surface area contributed by atoms with Gasteiger partial charge in [0.1, 0.15) is 0 Å². The Morgan fingerprint density at radius 2 is 2.25 bits per heavy atom. The summed E-state index contributed by atoms with van der Waals surface area (Å²) in [6.45, 7) is 1.75. The Hall–Kier alpha value is -0.0900. The topological polar surface area (TPSA) is 43.4 Å². The molecule has 0 aromatic rings. The summed E-state index contributed by atoms with van der Waals surface area (Å²) < 4.78 is 25.4. The van der Waals surface area contributed by atoms with Gasteiger partial charge in [0, 0.05) is 0 Å². The van der Waals surface area contributed by atoms with Gasteiger partial charge in [0.05, 0.1) is 11.9 Å². The molecule has 0 aliphatic carbocycles. The van der Waals surface area contributed by atoms with E-state index in [0.717, 1.165) is 0 Å². The molecule has 0 amide bonds. The molecule has 0 unspecified atom stereocenters. The normalized spacial score (nSPS) is 35.4. The number of rotatable bonds is 0. The predicted octanol–water partition coefficient (Wildman–Crippen LogP) is 0.125. The molecule has 0 aromatic heterocycles. The van der Waals surface area contributed by atoms with Crippen molar-refractivity contribution in [3.63, 3.8) is 0 Å². The second kappa shape index (κ2) is 1.70. The lowest BCUT2D eigenvalue weighted by molar-refractivity contribution is 0.258. The quantitative estimate of drug-likeness (QED) is 0.444. The fourth-order valence-electron chi connectivity index (χ4n) is 0.657.